The summed E-state index contributed by atoms with van der Waals surface area (Å²) in [7, 11) is -1.14. The predicted octanol–water partition coefficient (Wildman–Crippen LogP) is 1.88. The normalized spacial score (nSPS) is 22.4. The van der Waals surface area contributed by atoms with Crippen molar-refractivity contribution < 1.29 is 13.2 Å². The Labute approximate surface area is 111 Å². The SMILES string of the molecule is COC1(C(N)CCCS(C)(=O)=O)CCCCCC1. The van der Waals surface area contributed by atoms with E-state index in [0.717, 1.165) is 32.1 Å². The molecule has 1 rings (SSSR count). The van der Waals surface area contributed by atoms with Crippen molar-refractivity contribution in [1.29, 1.82) is 0 Å². The summed E-state index contributed by atoms with van der Waals surface area (Å²) in [5.74, 6) is 0.223. The molecule has 4 nitrogen and oxygen atoms in total. The van der Waals surface area contributed by atoms with Gasteiger partial charge in [-0.15, -0.1) is 0 Å². The van der Waals surface area contributed by atoms with Crippen molar-refractivity contribution in [3.63, 3.8) is 0 Å². The Hall–Kier alpha value is -0.130. The molecule has 5 heteroatoms. The highest BCUT2D eigenvalue weighted by atomic mass is 32.2. The molecule has 0 aliphatic heterocycles. The average Bonchev–Trinajstić information content (AvgIpc) is 2.53. The molecule has 0 spiro atoms. The van der Waals surface area contributed by atoms with Crippen molar-refractivity contribution in [2.75, 3.05) is 19.1 Å². The van der Waals surface area contributed by atoms with Crippen LogP contribution in [0.15, 0.2) is 0 Å². The van der Waals surface area contributed by atoms with Crippen molar-refractivity contribution in [3.8, 4) is 0 Å². The first-order valence-electron chi connectivity index (χ1n) is 6.88. The molecule has 0 radical (unpaired) electrons. The second-order valence-corrected chi connectivity index (χ2v) is 7.82. The van der Waals surface area contributed by atoms with Crippen LogP contribution in [-0.4, -0.2) is 39.2 Å². The van der Waals surface area contributed by atoms with Crippen LogP contribution in [0.1, 0.15) is 51.4 Å². The Morgan fingerprint density at radius 3 is 2.22 bits per heavy atom. The molecule has 1 aliphatic carbocycles. The third kappa shape index (κ3) is 4.86. The summed E-state index contributed by atoms with van der Waals surface area (Å²) in [6, 6.07) is -0.0534. The zero-order chi connectivity index (χ0) is 13.6. The first-order valence-corrected chi connectivity index (χ1v) is 8.94. The summed E-state index contributed by atoms with van der Waals surface area (Å²) in [6.07, 6.45) is 9.46. The molecule has 1 fully saturated rings. The second-order valence-electron chi connectivity index (χ2n) is 5.56. The minimum atomic E-state index is -2.88. The van der Waals surface area contributed by atoms with Gasteiger partial charge in [0.1, 0.15) is 9.84 Å². The van der Waals surface area contributed by atoms with Gasteiger partial charge in [0.05, 0.1) is 5.60 Å². The van der Waals surface area contributed by atoms with Gasteiger partial charge in [0.25, 0.3) is 0 Å². The van der Waals surface area contributed by atoms with Crippen LogP contribution in [0.2, 0.25) is 0 Å². The lowest BCUT2D eigenvalue weighted by molar-refractivity contribution is -0.0450. The molecule has 2 N–H and O–H groups in total. The fourth-order valence-corrected chi connectivity index (χ4v) is 3.57. The Morgan fingerprint density at radius 1 is 1.22 bits per heavy atom. The van der Waals surface area contributed by atoms with Gasteiger partial charge in [-0.25, -0.2) is 8.42 Å². The molecular weight excluding hydrogens is 250 g/mol. The second kappa shape index (κ2) is 6.87. The lowest BCUT2D eigenvalue weighted by Crippen LogP contribution is -2.49. The highest BCUT2D eigenvalue weighted by Crippen LogP contribution is 2.33. The summed E-state index contributed by atoms with van der Waals surface area (Å²) in [5.41, 5.74) is 6.04. The molecule has 0 bridgehead atoms. The van der Waals surface area contributed by atoms with Gasteiger partial charge in [-0.3, -0.25) is 0 Å². The summed E-state index contributed by atoms with van der Waals surface area (Å²) < 4.78 is 28.0. The Kier molecular flexibility index (Phi) is 6.08. The lowest BCUT2D eigenvalue weighted by Gasteiger charge is -2.37. The maximum absolute atomic E-state index is 11.1. The molecule has 1 aliphatic rings. The van der Waals surface area contributed by atoms with Crippen molar-refractivity contribution >= 4 is 9.84 Å². The van der Waals surface area contributed by atoms with E-state index < -0.39 is 9.84 Å². The number of ether oxygens (including phenoxy) is 1. The van der Waals surface area contributed by atoms with Gasteiger partial charge in [-0.2, -0.15) is 0 Å². The Morgan fingerprint density at radius 2 is 1.78 bits per heavy atom. The number of hydrogen-bond acceptors (Lipinski definition) is 4. The van der Waals surface area contributed by atoms with E-state index in [1.54, 1.807) is 7.11 Å². The van der Waals surface area contributed by atoms with E-state index in [-0.39, 0.29) is 17.4 Å². The molecule has 0 aromatic carbocycles. The van der Waals surface area contributed by atoms with Gasteiger partial charge in [-0.1, -0.05) is 25.7 Å². The summed E-state index contributed by atoms with van der Waals surface area (Å²) in [4.78, 5) is 0. The number of methoxy groups -OCH3 is 1. The number of hydrogen-bond donors (Lipinski definition) is 1. The first kappa shape index (κ1) is 15.9. The number of nitrogens with two attached hydrogens (primary N) is 1. The predicted molar refractivity (Wildman–Crippen MR) is 74.4 cm³/mol. The van der Waals surface area contributed by atoms with Crippen LogP contribution >= 0.6 is 0 Å². The molecular formula is C13H27NO3S. The lowest BCUT2D eigenvalue weighted by atomic mass is 9.84. The molecule has 1 unspecified atom stereocenters. The first-order chi connectivity index (χ1) is 8.40. The van der Waals surface area contributed by atoms with Crippen LogP contribution in [0.25, 0.3) is 0 Å². The molecule has 0 saturated heterocycles. The van der Waals surface area contributed by atoms with Crippen LogP contribution in [0, 0.1) is 0 Å². The van der Waals surface area contributed by atoms with Gasteiger partial charge in [0.15, 0.2) is 0 Å². The topological polar surface area (TPSA) is 69.4 Å². The van der Waals surface area contributed by atoms with Gasteiger partial charge >= 0.3 is 0 Å². The Balaban J connectivity index is 2.52. The maximum atomic E-state index is 11.1. The fraction of sp³-hybridized carbons (Fsp3) is 1.00. The molecule has 1 saturated carbocycles. The van der Waals surface area contributed by atoms with Gasteiger partial charge in [0, 0.05) is 25.2 Å². The van der Waals surface area contributed by atoms with E-state index in [2.05, 4.69) is 0 Å². The summed E-state index contributed by atoms with van der Waals surface area (Å²) in [6.45, 7) is 0. The van der Waals surface area contributed by atoms with Crippen LogP contribution in [-0.2, 0) is 14.6 Å². The third-order valence-electron chi connectivity index (χ3n) is 4.06. The van der Waals surface area contributed by atoms with Crippen molar-refractivity contribution in [2.45, 2.75) is 63.0 Å². The maximum Gasteiger partial charge on any atom is 0.147 e. The van der Waals surface area contributed by atoms with Gasteiger partial charge in [-0.05, 0) is 25.7 Å². The zero-order valence-electron chi connectivity index (χ0n) is 11.7. The van der Waals surface area contributed by atoms with Crippen LogP contribution in [0.4, 0.5) is 0 Å². The van der Waals surface area contributed by atoms with Crippen molar-refractivity contribution in [3.05, 3.63) is 0 Å². The highest BCUT2D eigenvalue weighted by molar-refractivity contribution is 7.90. The molecule has 108 valence electrons. The minimum Gasteiger partial charge on any atom is -0.377 e. The Bertz CT molecular complexity index is 332. The standard InChI is InChI=1S/C13H27NO3S/c1-17-13(9-5-3-4-6-10-13)12(14)8-7-11-18(2,15)16/h12H,3-11,14H2,1-2H3. The molecule has 18 heavy (non-hydrogen) atoms. The van der Waals surface area contributed by atoms with Gasteiger partial charge < -0.3 is 10.5 Å². The van der Waals surface area contributed by atoms with E-state index in [1.165, 1.54) is 19.1 Å². The van der Waals surface area contributed by atoms with E-state index in [9.17, 15) is 8.42 Å². The molecule has 1 atom stereocenters. The van der Waals surface area contributed by atoms with E-state index in [0.29, 0.717) is 6.42 Å². The summed E-state index contributed by atoms with van der Waals surface area (Å²) in [5, 5.41) is 0. The fourth-order valence-electron chi connectivity index (χ4n) is 2.88. The van der Waals surface area contributed by atoms with Crippen molar-refractivity contribution in [2.24, 2.45) is 5.73 Å². The van der Waals surface area contributed by atoms with Crippen molar-refractivity contribution in [1.82, 2.24) is 0 Å². The third-order valence-corrected chi connectivity index (χ3v) is 5.09. The number of rotatable bonds is 6. The van der Waals surface area contributed by atoms with E-state index in [1.807, 2.05) is 0 Å². The van der Waals surface area contributed by atoms with Crippen LogP contribution < -0.4 is 5.73 Å². The monoisotopic (exact) mass is 277 g/mol. The molecule has 0 amide bonds. The molecule has 0 aromatic heterocycles. The van der Waals surface area contributed by atoms with E-state index in [4.69, 9.17) is 10.5 Å². The van der Waals surface area contributed by atoms with E-state index >= 15 is 0 Å². The quantitative estimate of drug-likeness (QED) is 0.753. The average molecular weight is 277 g/mol. The highest BCUT2D eigenvalue weighted by Gasteiger charge is 2.36. The van der Waals surface area contributed by atoms with Gasteiger partial charge in [0.2, 0.25) is 0 Å². The minimum absolute atomic E-state index is 0.0534. The number of sulfone groups is 1. The smallest absolute Gasteiger partial charge is 0.147 e. The van der Waals surface area contributed by atoms with Crippen LogP contribution in [0.3, 0.4) is 0 Å². The largest absolute Gasteiger partial charge is 0.377 e. The summed E-state index contributed by atoms with van der Waals surface area (Å²) >= 11 is 0. The zero-order valence-corrected chi connectivity index (χ0v) is 12.5. The van der Waals surface area contributed by atoms with Crippen LogP contribution in [0.5, 0.6) is 0 Å². The molecule has 0 aromatic rings. The molecule has 0 heterocycles.